The van der Waals surface area contributed by atoms with Crippen LogP contribution in [0.15, 0.2) is 0 Å². The van der Waals surface area contributed by atoms with Gasteiger partial charge in [-0.3, -0.25) is 4.18 Å². The molecule has 3 aliphatic heterocycles. The first-order valence-corrected chi connectivity index (χ1v) is 8.49. The van der Waals surface area contributed by atoms with E-state index in [9.17, 15) is 4.21 Å². The highest BCUT2D eigenvalue weighted by molar-refractivity contribution is 7.79. The molecule has 3 rings (SSSR count). The summed E-state index contributed by atoms with van der Waals surface area (Å²) in [5.74, 6) is -1.41. The molecule has 8 heteroatoms. The van der Waals surface area contributed by atoms with Gasteiger partial charge in [-0.25, -0.2) is 4.21 Å². The van der Waals surface area contributed by atoms with Crippen LogP contribution in [-0.2, 0) is 38.9 Å². The second kappa shape index (κ2) is 5.23. The van der Waals surface area contributed by atoms with E-state index >= 15 is 0 Å². The number of hydrogen-bond donors (Lipinski definition) is 0. The molecule has 3 saturated heterocycles. The average Bonchev–Trinajstić information content (AvgIpc) is 2.90. The molecule has 0 saturated carbocycles. The van der Waals surface area contributed by atoms with E-state index in [1.165, 1.54) is 6.26 Å². The standard InChI is InChI=1S/C13H22O7S/c1-12(2)15-6-7(17-12)8-9(20-21(5)14)10-11(16-8)19-13(3,4)18-10/h7-11H,6H2,1-5H3/t7-,8+,9-,10+,11+,21-/m0/s1. The highest BCUT2D eigenvalue weighted by Gasteiger charge is 2.59. The van der Waals surface area contributed by atoms with E-state index in [1.54, 1.807) is 0 Å². The van der Waals surface area contributed by atoms with Crippen molar-refractivity contribution in [3.63, 3.8) is 0 Å². The molecule has 0 aromatic carbocycles. The third-order valence-electron chi connectivity index (χ3n) is 3.67. The largest absolute Gasteiger partial charge is 0.348 e. The number of fused-ring (bicyclic) bond motifs is 1. The second-order valence-corrected chi connectivity index (χ2v) is 7.39. The summed E-state index contributed by atoms with van der Waals surface area (Å²) in [4.78, 5) is 0. The van der Waals surface area contributed by atoms with Crippen molar-refractivity contribution in [1.82, 2.24) is 0 Å². The van der Waals surface area contributed by atoms with Crippen molar-refractivity contribution in [2.24, 2.45) is 0 Å². The number of rotatable bonds is 3. The Balaban J connectivity index is 1.77. The van der Waals surface area contributed by atoms with Gasteiger partial charge in [-0.1, -0.05) is 0 Å². The maximum Gasteiger partial charge on any atom is 0.190 e. The maximum absolute atomic E-state index is 11.5. The fourth-order valence-electron chi connectivity index (χ4n) is 2.95. The summed E-state index contributed by atoms with van der Waals surface area (Å²) < 4.78 is 45.8. The summed E-state index contributed by atoms with van der Waals surface area (Å²) in [7, 11) is 0. The lowest BCUT2D eigenvalue weighted by Gasteiger charge is -2.28. The molecular weight excluding hydrogens is 300 g/mol. The Morgan fingerprint density at radius 1 is 1.05 bits per heavy atom. The average molecular weight is 322 g/mol. The Hall–Kier alpha value is -0.0900. The molecule has 0 bridgehead atoms. The van der Waals surface area contributed by atoms with E-state index in [4.69, 9.17) is 27.9 Å². The lowest BCUT2D eigenvalue weighted by molar-refractivity contribution is -0.230. The predicted octanol–water partition coefficient (Wildman–Crippen LogP) is 0.693. The first-order chi connectivity index (χ1) is 9.67. The van der Waals surface area contributed by atoms with Gasteiger partial charge in [0.15, 0.2) is 28.9 Å². The van der Waals surface area contributed by atoms with Crippen molar-refractivity contribution in [3.05, 3.63) is 0 Å². The van der Waals surface area contributed by atoms with E-state index in [0.29, 0.717) is 6.61 Å². The summed E-state index contributed by atoms with van der Waals surface area (Å²) in [6.07, 6.45) is -0.783. The SMILES string of the molecule is C[S@@](=O)O[C@@H]1[C@H]2OC(C)(C)O[C@H]2O[C@@H]1[C@@H]1COC(C)(C)O1. The normalized spacial score (nSPS) is 45.7. The molecule has 0 amide bonds. The zero-order valence-corrected chi connectivity index (χ0v) is 13.7. The zero-order chi connectivity index (χ0) is 15.4. The fourth-order valence-corrected chi connectivity index (χ4v) is 3.48. The molecule has 0 radical (unpaired) electrons. The van der Waals surface area contributed by atoms with Gasteiger partial charge in [-0.2, -0.15) is 0 Å². The smallest absolute Gasteiger partial charge is 0.190 e. The monoisotopic (exact) mass is 322 g/mol. The van der Waals surface area contributed by atoms with Gasteiger partial charge in [0.25, 0.3) is 0 Å². The molecule has 3 aliphatic rings. The van der Waals surface area contributed by atoms with Crippen molar-refractivity contribution < 1.29 is 32.1 Å². The molecule has 0 aliphatic carbocycles. The minimum atomic E-state index is -1.44. The van der Waals surface area contributed by atoms with Crippen LogP contribution >= 0.6 is 0 Å². The lowest BCUT2D eigenvalue weighted by Crippen LogP contribution is -2.44. The Kier molecular flexibility index (Phi) is 3.93. The van der Waals surface area contributed by atoms with Gasteiger partial charge < -0.3 is 23.7 Å². The van der Waals surface area contributed by atoms with E-state index in [2.05, 4.69) is 0 Å². The maximum atomic E-state index is 11.5. The van der Waals surface area contributed by atoms with Crippen LogP contribution in [0.25, 0.3) is 0 Å². The van der Waals surface area contributed by atoms with Crippen LogP contribution in [-0.4, -0.2) is 59.4 Å². The molecule has 122 valence electrons. The number of hydrogen-bond acceptors (Lipinski definition) is 7. The molecule has 0 aromatic rings. The molecule has 21 heavy (non-hydrogen) atoms. The Morgan fingerprint density at radius 2 is 1.76 bits per heavy atom. The van der Waals surface area contributed by atoms with Crippen LogP contribution in [0.3, 0.4) is 0 Å². The summed E-state index contributed by atoms with van der Waals surface area (Å²) in [6.45, 7) is 7.68. The van der Waals surface area contributed by atoms with Gasteiger partial charge in [0, 0.05) is 6.26 Å². The first-order valence-electron chi connectivity index (χ1n) is 7.00. The highest BCUT2D eigenvalue weighted by atomic mass is 32.2. The van der Waals surface area contributed by atoms with Gasteiger partial charge in [0.05, 0.1) is 6.61 Å². The molecule has 0 N–H and O–H groups in total. The minimum absolute atomic E-state index is 0.311. The second-order valence-electron chi connectivity index (χ2n) is 6.40. The summed E-state index contributed by atoms with van der Waals surface area (Å²) >= 11 is -1.44. The zero-order valence-electron chi connectivity index (χ0n) is 12.9. The van der Waals surface area contributed by atoms with E-state index in [0.717, 1.165) is 0 Å². The highest BCUT2D eigenvalue weighted by Crippen LogP contribution is 2.42. The topological polar surface area (TPSA) is 72.5 Å². The molecule has 0 spiro atoms. The lowest BCUT2D eigenvalue weighted by atomic mass is 10.1. The molecule has 0 aromatic heterocycles. The molecular formula is C13H22O7S. The Morgan fingerprint density at radius 3 is 2.33 bits per heavy atom. The van der Waals surface area contributed by atoms with Crippen molar-refractivity contribution in [2.75, 3.05) is 12.9 Å². The summed E-state index contributed by atoms with van der Waals surface area (Å²) in [5, 5.41) is 0. The van der Waals surface area contributed by atoms with Gasteiger partial charge in [0.2, 0.25) is 0 Å². The van der Waals surface area contributed by atoms with Crippen LogP contribution in [0.5, 0.6) is 0 Å². The van der Waals surface area contributed by atoms with Gasteiger partial charge in [0.1, 0.15) is 24.4 Å². The molecule has 0 unspecified atom stereocenters. The van der Waals surface area contributed by atoms with Crippen molar-refractivity contribution in [2.45, 2.75) is 70.0 Å². The van der Waals surface area contributed by atoms with Gasteiger partial charge in [-0.15, -0.1) is 0 Å². The summed E-state index contributed by atoms with van der Waals surface area (Å²) in [5.41, 5.74) is 0. The van der Waals surface area contributed by atoms with Crippen molar-refractivity contribution in [1.29, 1.82) is 0 Å². The van der Waals surface area contributed by atoms with Gasteiger partial charge >= 0.3 is 0 Å². The molecule has 6 atom stereocenters. The third kappa shape index (κ3) is 3.17. The van der Waals surface area contributed by atoms with Crippen LogP contribution in [0.1, 0.15) is 27.7 Å². The molecule has 7 nitrogen and oxygen atoms in total. The first kappa shape index (κ1) is 15.8. The molecule has 3 heterocycles. The van der Waals surface area contributed by atoms with Crippen LogP contribution < -0.4 is 0 Å². The van der Waals surface area contributed by atoms with Crippen LogP contribution in [0, 0.1) is 0 Å². The minimum Gasteiger partial charge on any atom is -0.348 e. The van der Waals surface area contributed by atoms with E-state index < -0.39 is 47.3 Å². The van der Waals surface area contributed by atoms with Crippen LogP contribution in [0.2, 0.25) is 0 Å². The fraction of sp³-hybridized carbons (Fsp3) is 1.00. The Bertz CT molecular complexity index is 438. The Labute approximate surface area is 126 Å². The quantitative estimate of drug-likeness (QED) is 0.757. The predicted molar refractivity (Wildman–Crippen MR) is 72.5 cm³/mol. The van der Waals surface area contributed by atoms with E-state index in [-0.39, 0.29) is 6.10 Å². The van der Waals surface area contributed by atoms with Crippen molar-refractivity contribution in [3.8, 4) is 0 Å². The van der Waals surface area contributed by atoms with Crippen molar-refractivity contribution >= 4 is 11.1 Å². The summed E-state index contributed by atoms with van der Waals surface area (Å²) in [6, 6.07) is 0. The van der Waals surface area contributed by atoms with Crippen LogP contribution in [0.4, 0.5) is 0 Å². The van der Waals surface area contributed by atoms with E-state index in [1.807, 2.05) is 27.7 Å². The van der Waals surface area contributed by atoms with Gasteiger partial charge in [-0.05, 0) is 27.7 Å². The number of ether oxygens (including phenoxy) is 5. The molecule has 3 fully saturated rings. The third-order valence-corrected chi connectivity index (χ3v) is 4.16.